The molecule has 1 aromatic heterocycles. The number of piperidine rings is 1. The third-order valence-corrected chi connectivity index (χ3v) is 4.54. The van der Waals surface area contributed by atoms with E-state index in [4.69, 9.17) is 11.6 Å². The number of rotatable bonds is 3. The molecule has 4 nitrogen and oxygen atoms in total. The van der Waals surface area contributed by atoms with Crippen LogP contribution in [0.5, 0.6) is 0 Å². The van der Waals surface area contributed by atoms with Crippen LogP contribution in [-0.4, -0.2) is 48.6 Å². The minimum atomic E-state index is 0.713. The summed E-state index contributed by atoms with van der Waals surface area (Å²) in [5, 5.41) is 1.78. The second-order valence-corrected chi connectivity index (χ2v) is 6.42. The highest BCUT2D eigenvalue weighted by molar-refractivity contribution is 6.31. The molecule has 0 unspecified atom stereocenters. The van der Waals surface area contributed by atoms with Crippen LogP contribution in [0.1, 0.15) is 12.8 Å². The number of benzene rings is 1. The monoisotopic (exact) mass is 304 g/mol. The zero-order valence-corrected chi connectivity index (χ0v) is 13.3. The van der Waals surface area contributed by atoms with Gasteiger partial charge in [0.2, 0.25) is 0 Å². The van der Waals surface area contributed by atoms with Crippen LogP contribution in [0.15, 0.2) is 24.5 Å². The van der Waals surface area contributed by atoms with Gasteiger partial charge in [-0.15, -0.1) is 0 Å². The molecular formula is C16H21ClN4. The maximum Gasteiger partial charge on any atom is 0.139 e. The second kappa shape index (κ2) is 6.16. The second-order valence-electron chi connectivity index (χ2n) is 5.99. The third-order valence-electron chi connectivity index (χ3n) is 4.31. The van der Waals surface area contributed by atoms with E-state index in [2.05, 4.69) is 33.9 Å². The van der Waals surface area contributed by atoms with Crippen molar-refractivity contribution < 1.29 is 0 Å². The Morgan fingerprint density at radius 1 is 1.29 bits per heavy atom. The van der Waals surface area contributed by atoms with Gasteiger partial charge in [-0.05, 0) is 57.1 Å². The van der Waals surface area contributed by atoms with Gasteiger partial charge < -0.3 is 9.80 Å². The molecule has 0 atom stereocenters. The van der Waals surface area contributed by atoms with Crippen LogP contribution in [0.4, 0.5) is 5.82 Å². The predicted molar refractivity (Wildman–Crippen MR) is 88.0 cm³/mol. The lowest BCUT2D eigenvalue weighted by molar-refractivity contribution is 0.222. The topological polar surface area (TPSA) is 32.3 Å². The Bertz CT molecular complexity index is 623. The molecule has 21 heavy (non-hydrogen) atoms. The number of likely N-dealkylation sites (tertiary alicyclic amines) is 1. The first kappa shape index (κ1) is 14.5. The molecule has 112 valence electrons. The number of nitrogens with zero attached hydrogens (tertiary/aromatic N) is 4. The van der Waals surface area contributed by atoms with Crippen LogP contribution in [0.25, 0.3) is 10.9 Å². The highest BCUT2D eigenvalue weighted by Crippen LogP contribution is 2.26. The minimum absolute atomic E-state index is 0.713. The molecule has 0 saturated carbocycles. The van der Waals surface area contributed by atoms with Gasteiger partial charge in [0, 0.05) is 24.0 Å². The highest BCUT2D eigenvalue weighted by Gasteiger charge is 2.19. The van der Waals surface area contributed by atoms with Gasteiger partial charge in [-0.3, -0.25) is 0 Å². The van der Waals surface area contributed by atoms with E-state index in [1.54, 1.807) is 6.33 Å². The van der Waals surface area contributed by atoms with E-state index in [0.717, 1.165) is 29.2 Å². The van der Waals surface area contributed by atoms with E-state index in [0.29, 0.717) is 5.02 Å². The van der Waals surface area contributed by atoms with E-state index in [-0.39, 0.29) is 0 Å². The molecule has 2 heterocycles. The lowest BCUT2D eigenvalue weighted by atomic mass is 9.96. The first-order valence-electron chi connectivity index (χ1n) is 7.43. The summed E-state index contributed by atoms with van der Waals surface area (Å²) in [5.41, 5.74) is 0.905. The fourth-order valence-electron chi connectivity index (χ4n) is 3.04. The average Bonchev–Trinajstić information content (AvgIpc) is 2.48. The summed E-state index contributed by atoms with van der Waals surface area (Å²) >= 11 is 6.04. The molecular weight excluding hydrogens is 284 g/mol. The Morgan fingerprint density at radius 2 is 2.05 bits per heavy atom. The Hall–Kier alpha value is -1.39. The molecule has 0 N–H and O–H groups in total. The van der Waals surface area contributed by atoms with Gasteiger partial charge in [0.25, 0.3) is 0 Å². The molecule has 3 rings (SSSR count). The summed E-state index contributed by atoms with van der Waals surface area (Å²) in [6.45, 7) is 3.43. The SMILES string of the molecule is CN1CCC(CN(C)c2ncnc3cc(Cl)ccc23)CC1. The first-order valence-corrected chi connectivity index (χ1v) is 7.81. The number of hydrogen-bond acceptors (Lipinski definition) is 4. The summed E-state index contributed by atoms with van der Waals surface area (Å²) in [6.07, 6.45) is 4.14. The lowest BCUT2D eigenvalue weighted by Gasteiger charge is -2.32. The molecule has 1 aliphatic rings. The van der Waals surface area contributed by atoms with Crippen molar-refractivity contribution in [3.63, 3.8) is 0 Å². The summed E-state index contributed by atoms with van der Waals surface area (Å²) in [4.78, 5) is 13.5. The number of aromatic nitrogens is 2. The molecule has 0 amide bonds. The molecule has 0 radical (unpaired) electrons. The Kier molecular flexibility index (Phi) is 4.27. The van der Waals surface area contributed by atoms with Crippen molar-refractivity contribution in [2.45, 2.75) is 12.8 Å². The third kappa shape index (κ3) is 3.27. The summed E-state index contributed by atoms with van der Waals surface area (Å²) in [6, 6.07) is 5.81. The van der Waals surface area contributed by atoms with Crippen LogP contribution < -0.4 is 4.90 Å². The van der Waals surface area contributed by atoms with Gasteiger partial charge in [0.1, 0.15) is 12.1 Å². The Morgan fingerprint density at radius 3 is 2.81 bits per heavy atom. The largest absolute Gasteiger partial charge is 0.359 e. The van der Waals surface area contributed by atoms with Crippen LogP contribution in [0, 0.1) is 5.92 Å². The summed E-state index contributed by atoms with van der Waals surface area (Å²) in [7, 11) is 4.32. The predicted octanol–water partition coefficient (Wildman–Crippen LogP) is 3.06. The zero-order valence-electron chi connectivity index (χ0n) is 12.6. The van der Waals surface area contributed by atoms with Crippen molar-refractivity contribution in [3.05, 3.63) is 29.5 Å². The number of anilines is 1. The zero-order chi connectivity index (χ0) is 14.8. The van der Waals surface area contributed by atoms with Crippen molar-refractivity contribution in [1.82, 2.24) is 14.9 Å². The molecule has 2 aromatic rings. The van der Waals surface area contributed by atoms with Gasteiger partial charge >= 0.3 is 0 Å². The first-order chi connectivity index (χ1) is 10.1. The van der Waals surface area contributed by atoms with Crippen LogP contribution in [0.2, 0.25) is 5.02 Å². The van der Waals surface area contributed by atoms with Crippen molar-refractivity contribution in [2.75, 3.05) is 38.6 Å². The highest BCUT2D eigenvalue weighted by atomic mass is 35.5. The van der Waals surface area contributed by atoms with Gasteiger partial charge in [-0.25, -0.2) is 9.97 Å². The van der Waals surface area contributed by atoms with Crippen molar-refractivity contribution >= 4 is 28.3 Å². The molecule has 0 bridgehead atoms. The Labute approximate surface area is 130 Å². The maximum atomic E-state index is 6.04. The summed E-state index contributed by atoms with van der Waals surface area (Å²) in [5.74, 6) is 1.74. The van der Waals surface area contributed by atoms with E-state index in [1.807, 2.05) is 18.2 Å². The van der Waals surface area contributed by atoms with Crippen LogP contribution in [0.3, 0.4) is 0 Å². The standard InChI is InChI=1S/C16H21ClN4/c1-20-7-5-12(6-8-20)10-21(2)16-14-4-3-13(17)9-15(14)18-11-19-16/h3-4,9,11-12H,5-8,10H2,1-2H3. The molecule has 1 fully saturated rings. The average molecular weight is 305 g/mol. The molecule has 1 saturated heterocycles. The molecule has 0 spiro atoms. The van der Waals surface area contributed by atoms with E-state index in [9.17, 15) is 0 Å². The van der Waals surface area contributed by atoms with Gasteiger partial charge in [0.05, 0.1) is 5.52 Å². The molecule has 0 aliphatic carbocycles. The Balaban J connectivity index is 1.79. The number of halogens is 1. The maximum absolute atomic E-state index is 6.04. The smallest absolute Gasteiger partial charge is 0.139 e. The number of hydrogen-bond donors (Lipinski definition) is 0. The fourth-order valence-corrected chi connectivity index (χ4v) is 3.20. The van der Waals surface area contributed by atoms with E-state index in [1.165, 1.54) is 25.9 Å². The van der Waals surface area contributed by atoms with Gasteiger partial charge in [-0.2, -0.15) is 0 Å². The molecule has 1 aromatic carbocycles. The normalized spacial score (nSPS) is 17.3. The van der Waals surface area contributed by atoms with Crippen LogP contribution in [-0.2, 0) is 0 Å². The van der Waals surface area contributed by atoms with E-state index < -0.39 is 0 Å². The lowest BCUT2D eigenvalue weighted by Crippen LogP contribution is -2.36. The van der Waals surface area contributed by atoms with Crippen molar-refractivity contribution in [3.8, 4) is 0 Å². The van der Waals surface area contributed by atoms with Gasteiger partial charge in [-0.1, -0.05) is 11.6 Å². The number of fused-ring (bicyclic) bond motifs is 1. The quantitative estimate of drug-likeness (QED) is 0.872. The van der Waals surface area contributed by atoms with E-state index >= 15 is 0 Å². The molecule has 5 heteroatoms. The minimum Gasteiger partial charge on any atom is -0.359 e. The van der Waals surface area contributed by atoms with Gasteiger partial charge in [0.15, 0.2) is 0 Å². The molecule has 1 aliphatic heterocycles. The van der Waals surface area contributed by atoms with Crippen molar-refractivity contribution in [1.29, 1.82) is 0 Å². The van der Waals surface area contributed by atoms with Crippen molar-refractivity contribution in [2.24, 2.45) is 5.92 Å². The summed E-state index contributed by atoms with van der Waals surface area (Å²) < 4.78 is 0. The van der Waals surface area contributed by atoms with Crippen LogP contribution >= 0.6 is 11.6 Å². The fraction of sp³-hybridized carbons (Fsp3) is 0.500.